The molecular formula is C23H30N2O5. The summed E-state index contributed by atoms with van der Waals surface area (Å²) in [4.78, 5) is 17.5. The first-order valence-corrected chi connectivity index (χ1v) is 10.6. The van der Waals surface area contributed by atoms with Crippen molar-refractivity contribution in [3.05, 3.63) is 35.9 Å². The van der Waals surface area contributed by atoms with Crippen LogP contribution in [0, 0.1) is 5.41 Å². The zero-order valence-electron chi connectivity index (χ0n) is 18.0. The fourth-order valence-corrected chi connectivity index (χ4v) is 7.34. The third kappa shape index (κ3) is 1.95. The third-order valence-electron chi connectivity index (χ3n) is 8.37. The first-order valence-electron chi connectivity index (χ1n) is 10.6. The minimum atomic E-state index is -2.07. The molecule has 0 bridgehead atoms. The average Bonchev–Trinajstić information content (AvgIpc) is 3.28. The van der Waals surface area contributed by atoms with Crippen molar-refractivity contribution in [2.75, 3.05) is 39.3 Å². The first-order chi connectivity index (χ1) is 14.3. The molecule has 7 nitrogen and oxygen atoms in total. The fraction of sp³-hybridized carbons (Fsp3) is 0.609. The molecule has 4 aliphatic rings. The summed E-state index contributed by atoms with van der Waals surface area (Å²) in [5.74, 6) is -0.0624. The van der Waals surface area contributed by atoms with Crippen LogP contribution < -0.4 is 9.64 Å². The number of likely N-dealkylation sites (N-methyl/N-ethyl adjacent to an activating group) is 1. The maximum Gasteiger partial charge on any atom is 0.342 e. The van der Waals surface area contributed by atoms with Crippen LogP contribution in [-0.2, 0) is 14.9 Å². The van der Waals surface area contributed by atoms with Crippen LogP contribution in [0.5, 0.6) is 5.75 Å². The molecule has 0 unspecified atom stereocenters. The molecule has 7 heteroatoms. The maximum absolute atomic E-state index is 13.1. The lowest BCUT2D eigenvalue weighted by molar-refractivity contribution is -0.218. The van der Waals surface area contributed by atoms with E-state index < -0.39 is 34.5 Å². The number of fused-ring (bicyclic) bond motifs is 1. The molecular weight excluding hydrogens is 384 g/mol. The van der Waals surface area contributed by atoms with Crippen molar-refractivity contribution in [2.45, 2.75) is 49.0 Å². The number of esters is 1. The summed E-state index contributed by atoms with van der Waals surface area (Å²) in [6.45, 7) is 3.67. The van der Waals surface area contributed by atoms with Crippen LogP contribution in [0.3, 0.4) is 0 Å². The Morgan fingerprint density at radius 1 is 1.30 bits per heavy atom. The number of aliphatic hydroxyl groups excluding tert-OH is 1. The summed E-state index contributed by atoms with van der Waals surface area (Å²) in [5, 5.41) is 23.7. The van der Waals surface area contributed by atoms with Crippen molar-refractivity contribution in [1.29, 1.82) is 0 Å². The second-order valence-corrected chi connectivity index (χ2v) is 9.17. The first kappa shape index (κ1) is 19.8. The molecule has 1 saturated heterocycles. The van der Waals surface area contributed by atoms with Gasteiger partial charge in [0, 0.05) is 42.2 Å². The second-order valence-electron chi connectivity index (χ2n) is 9.17. The van der Waals surface area contributed by atoms with Gasteiger partial charge in [-0.15, -0.1) is 0 Å². The van der Waals surface area contributed by atoms with Crippen LogP contribution in [0.4, 0.5) is 5.69 Å². The number of methoxy groups -OCH3 is 2. The zero-order chi connectivity index (χ0) is 21.5. The quantitative estimate of drug-likeness (QED) is 0.566. The number of hydrogen-bond acceptors (Lipinski definition) is 7. The highest BCUT2D eigenvalue weighted by Gasteiger charge is 2.78. The second kappa shape index (κ2) is 6.22. The highest BCUT2D eigenvalue weighted by Crippen LogP contribution is 2.66. The fourth-order valence-electron chi connectivity index (χ4n) is 7.34. The topological polar surface area (TPSA) is 82.5 Å². The van der Waals surface area contributed by atoms with E-state index in [0.717, 1.165) is 36.5 Å². The number of benzene rings is 1. The minimum absolute atomic E-state index is 0.0259. The number of carbonyl (C=O) groups excluding carboxylic acids is 1. The highest BCUT2D eigenvalue weighted by atomic mass is 16.5. The van der Waals surface area contributed by atoms with E-state index in [-0.39, 0.29) is 6.04 Å². The number of aliphatic hydroxyl groups is 2. The molecule has 162 valence electrons. The predicted molar refractivity (Wildman–Crippen MR) is 112 cm³/mol. The molecule has 1 aromatic rings. The summed E-state index contributed by atoms with van der Waals surface area (Å²) in [5.41, 5.74) is -1.31. The molecule has 30 heavy (non-hydrogen) atoms. The van der Waals surface area contributed by atoms with Gasteiger partial charge < -0.3 is 24.6 Å². The average molecular weight is 415 g/mol. The van der Waals surface area contributed by atoms with E-state index in [1.807, 2.05) is 37.1 Å². The van der Waals surface area contributed by atoms with Gasteiger partial charge in [0.15, 0.2) is 0 Å². The Morgan fingerprint density at radius 2 is 2.07 bits per heavy atom. The molecule has 1 saturated carbocycles. The van der Waals surface area contributed by atoms with E-state index >= 15 is 0 Å². The Labute approximate surface area is 176 Å². The van der Waals surface area contributed by atoms with Gasteiger partial charge in [-0.25, -0.2) is 4.79 Å². The molecule has 1 spiro atoms. The van der Waals surface area contributed by atoms with E-state index in [1.165, 1.54) is 7.11 Å². The van der Waals surface area contributed by atoms with Gasteiger partial charge >= 0.3 is 5.97 Å². The van der Waals surface area contributed by atoms with Crippen molar-refractivity contribution in [3.63, 3.8) is 0 Å². The summed E-state index contributed by atoms with van der Waals surface area (Å²) in [6.07, 6.45) is 4.21. The van der Waals surface area contributed by atoms with E-state index in [2.05, 4.69) is 17.0 Å². The van der Waals surface area contributed by atoms with Gasteiger partial charge in [0.1, 0.15) is 11.9 Å². The van der Waals surface area contributed by atoms with Gasteiger partial charge in [-0.1, -0.05) is 25.1 Å². The molecule has 0 radical (unpaired) electrons. The molecule has 1 aromatic carbocycles. The monoisotopic (exact) mass is 414 g/mol. The number of anilines is 1. The van der Waals surface area contributed by atoms with Crippen molar-refractivity contribution >= 4 is 11.7 Å². The Balaban J connectivity index is 1.85. The van der Waals surface area contributed by atoms with Crippen LogP contribution >= 0.6 is 0 Å². The minimum Gasteiger partial charge on any atom is -0.497 e. The van der Waals surface area contributed by atoms with Gasteiger partial charge in [-0.3, -0.25) is 4.90 Å². The van der Waals surface area contributed by atoms with Gasteiger partial charge in [-0.05, 0) is 31.0 Å². The van der Waals surface area contributed by atoms with Crippen LogP contribution in [0.25, 0.3) is 0 Å². The number of rotatable bonds is 3. The van der Waals surface area contributed by atoms with E-state index in [1.54, 1.807) is 7.11 Å². The molecule has 3 heterocycles. The van der Waals surface area contributed by atoms with E-state index in [0.29, 0.717) is 6.42 Å². The summed E-state index contributed by atoms with van der Waals surface area (Å²) in [6, 6.07) is 5.31. The van der Waals surface area contributed by atoms with Gasteiger partial charge in [0.25, 0.3) is 0 Å². The van der Waals surface area contributed by atoms with Crippen LogP contribution in [-0.4, -0.2) is 79.2 Å². The molecule has 0 amide bonds. The zero-order valence-corrected chi connectivity index (χ0v) is 18.0. The maximum atomic E-state index is 13.1. The van der Waals surface area contributed by atoms with Crippen molar-refractivity contribution < 1.29 is 24.5 Å². The van der Waals surface area contributed by atoms with Gasteiger partial charge in [0.2, 0.25) is 5.60 Å². The molecule has 5 rings (SSSR count). The standard InChI is InChI=1S/C23H30N2O5/c1-5-21-9-6-11-25-12-10-22(17(21)25)15-8-7-14(29-3)13-16(15)24(2)18(22)23(28,19(21)26)20(27)30-4/h6-9,13,17-19,26,28H,5,10-12H2,1-4H3/t17-,18+,19-,21+,22+,23-/m0/s1. The normalized spacial score (nSPS) is 41.3. The summed E-state index contributed by atoms with van der Waals surface area (Å²) >= 11 is 0. The van der Waals surface area contributed by atoms with Crippen molar-refractivity contribution in [1.82, 2.24) is 4.90 Å². The molecule has 2 fully saturated rings. The lowest BCUT2D eigenvalue weighted by Crippen LogP contribution is -2.80. The smallest absolute Gasteiger partial charge is 0.342 e. The van der Waals surface area contributed by atoms with Crippen molar-refractivity contribution in [3.8, 4) is 5.75 Å². The summed E-state index contributed by atoms with van der Waals surface area (Å²) in [7, 11) is 4.79. The molecule has 0 aromatic heterocycles. The number of nitrogens with zero attached hydrogens (tertiary/aromatic N) is 2. The van der Waals surface area contributed by atoms with Gasteiger partial charge in [0.05, 0.1) is 20.3 Å². The Kier molecular flexibility index (Phi) is 4.11. The van der Waals surface area contributed by atoms with Crippen LogP contribution in [0.1, 0.15) is 25.3 Å². The van der Waals surface area contributed by atoms with Crippen molar-refractivity contribution in [2.24, 2.45) is 5.41 Å². The summed E-state index contributed by atoms with van der Waals surface area (Å²) < 4.78 is 10.6. The highest BCUT2D eigenvalue weighted by molar-refractivity contribution is 5.86. The number of ether oxygens (including phenoxy) is 2. The van der Waals surface area contributed by atoms with E-state index in [9.17, 15) is 15.0 Å². The molecule has 6 atom stereocenters. The Hall–Kier alpha value is -2.09. The van der Waals surface area contributed by atoms with Crippen LogP contribution in [0.15, 0.2) is 30.4 Å². The Bertz CT molecular complexity index is 934. The third-order valence-corrected chi connectivity index (χ3v) is 8.37. The number of hydrogen-bond donors (Lipinski definition) is 2. The lowest BCUT2D eigenvalue weighted by Gasteiger charge is -2.63. The SMILES string of the molecule is CC[C@]12C=CCN3CC[C@@]4(c5ccc(OC)cc5N(C)[C@H]4[C@@](O)(C(=O)OC)[C@H]1O)[C@@H]32. The molecule has 1 aliphatic carbocycles. The van der Waals surface area contributed by atoms with Crippen LogP contribution in [0.2, 0.25) is 0 Å². The largest absolute Gasteiger partial charge is 0.497 e. The molecule has 2 N–H and O–H groups in total. The van der Waals surface area contributed by atoms with Gasteiger partial charge in [-0.2, -0.15) is 0 Å². The lowest BCUT2D eigenvalue weighted by atomic mass is 9.48. The number of carbonyl (C=O) groups is 1. The Morgan fingerprint density at radius 3 is 2.73 bits per heavy atom. The molecule has 3 aliphatic heterocycles. The van der Waals surface area contributed by atoms with E-state index in [4.69, 9.17) is 9.47 Å². The predicted octanol–water partition coefficient (Wildman–Crippen LogP) is 1.07.